The number of aromatic nitrogens is 3. The number of fused-ring (bicyclic) bond motifs is 4. The first kappa shape index (κ1) is 21.0. The van der Waals surface area contributed by atoms with Gasteiger partial charge < -0.3 is 19.9 Å². The molecule has 168 valence electrons. The first-order valence-corrected chi connectivity index (χ1v) is 10.8. The highest BCUT2D eigenvalue weighted by Crippen LogP contribution is 2.48. The predicted octanol–water partition coefficient (Wildman–Crippen LogP) is 0.759. The van der Waals surface area contributed by atoms with Crippen molar-refractivity contribution in [2.45, 2.75) is 25.2 Å². The number of aliphatic hydroxyl groups is 1. The van der Waals surface area contributed by atoms with E-state index in [2.05, 4.69) is 15.3 Å². The van der Waals surface area contributed by atoms with Gasteiger partial charge in [0, 0.05) is 49.8 Å². The van der Waals surface area contributed by atoms with Crippen molar-refractivity contribution in [2.24, 2.45) is 11.8 Å². The number of hydrogen-bond donors (Lipinski definition) is 2. The monoisotopic (exact) mass is 445 g/mol. The summed E-state index contributed by atoms with van der Waals surface area (Å²) in [6.45, 7) is 0.230. The second kappa shape index (κ2) is 8.59. The van der Waals surface area contributed by atoms with Crippen molar-refractivity contribution in [1.29, 1.82) is 0 Å². The molecule has 2 bridgehead atoms. The summed E-state index contributed by atoms with van der Waals surface area (Å²) >= 11 is 0. The Labute approximate surface area is 189 Å². The summed E-state index contributed by atoms with van der Waals surface area (Å²) < 4.78 is 1.60. The molecule has 0 saturated carbocycles. The number of pyridine rings is 1. The van der Waals surface area contributed by atoms with Crippen LogP contribution in [0.25, 0.3) is 0 Å². The molecular weight excluding hydrogens is 422 g/mol. The number of carbonyl (C=O) groups excluding carboxylic acids is 2. The van der Waals surface area contributed by atoms with E-state index in [1.165, 1.54) is 24.7 Å². The Balaban J connectivity index is 1.55. The summed E-state index contributed by atoms with van der Waals surface area (Å²) in [5, 5.41) is 13.3. The minimum Gasteiger partial charge on any atom is -0.396 e. The highest BCUT2D eigenvalue weighted by molar-refractivity contribution is 5.94. The van der Waals surface area contributed by atoms with Crippen LogP contribution in [0.3, 0.4) is 0 Å². The van der Waals surface area contributed by atoms with Gasteiger partial charge in [-0.05, 0) is 11.6 Å². The zero-order valence-electron chi connectivity index (χ0n) is 17.7. The average molecular weight is 445 g/mol. The second-order valence-corrected chi connectivity index (χ2v) is 8.29. The molecule has 9 heteroatoms. The quantitative estimate of drug-likeness (QED) is 0.599. The van der Waals surface area contributed by atoms with Crippen LogP contribution in [0.2, 0.25) is 0 Å². The van der Waals surface area contributed by atoms with E-state index in [1.54, 1.807) is 21.6 Å². The minimum atomic E-state index is -0.722. The number of carbonyl (C=O) groups is 2. The molecule has 0 spiro atoms. The number of benzene rings is 1. The third kappa shape index (κ3) is 3.60. The zero-order valence-corrected chi connectivity index (χ0v) is 17.7. The summed E-state index contributed by atoms with van der Waals surface area (Å²) in [4.78, 5) is 49.3. The number of amides is 2. The Bertz CT molecular complexity index is 1230. The highest BCUT2D eigenvalue weighted by atomic mass is 16.3. The first-order chi connectivity index (χ1) is 16.1. The number of rotatable bonds is 5. The lowest BCUT2D eigenvalue weighted by Gasteiger charge is -2.37. The number of hydrogen-bond acceptors (Lipinski definition) is 6. The van der Waals surface area contributed by atoms with E-state index in [0.29, 0.717) is 12.2 Å². The van der Waals surface area contributed by atoms with E-state index in [4.69, 9.17) is 0 Å². The van der Waals surface area contributed by atoms with Gasteiger partial charge in [0.25, 0.3) is 11.5 Å². The van der Waals surface area contributed by atoms with Crippen molar-refractivity contribution in [3.05, 3.63) is 94.4 Å². The summed E-state index contributed by atoms with van der Waals surface area (Å²) in [6, 6.07) is 13.1. The molecule has 33 heavy (non-hydrogen) atoms. The van der Waals surface area contributed by atoms with E-state index in [9.17, 15) is 19.5 Å². The van der Waals surface area contributed by atoms with Gasteiger partial charge in [0.05, 0.1) is 24.2 Å². The molecule has 1 fully saturated rings. The molecule has 3 aromatic rings. The van der Waals surface area contributed by atoms with Gasteiger partial charge in [-0.15, -0.1) is 0 Å². The molecule has 0 radical (unpaired) electrons. The second-order valence-electron chi connectivity index (χ2n) is 8.29. The van der Waals surface area contributed by atoms with Crippen LogP contribution in [0.1, 0.15) is 27.8 Å². The van der Waals surface area contributed by atoms with E-state index < -0.39 is 23.9 Å². The van der Waals surface area contributed by atoms with Crippen molar-refractivity contribution in [3.63, 3.8) is 0 Å². The standard InChI is InChI=1S/C24H23N5O4/c30-14-16-19-13-28-18(7-4-8-20(28)31)22(29(19)24(33)17-12-25-9-10-26-17)21(16)23(32)27-11-15-5-2-1-3-6-15/h1-10,12,16,19,21-22,30H,11,13-14H2,(H,27,32)/t16-,19-,21+,22+/m0/s1. The first-order valence-electron chi connectivity index (χ1n) is 10.8. The third-order valence-electron chi connectivity index (χ3n) is 6.55. The molecule has 4 atom stereocenters. The smallest absolute Gasteiger partial charge is 0.274 e. The van der Waals surface area contributed by atoms with Gasteiger partial charge in [-0.1, -0.05) is 36.4 Å². The Kier molecular flexibility index (Phi) is 5.47. The highest BCUT2D eigenvalue weighted by Gasteiger charge is 2.57. The molecule has 1 saturated heterocycles. The van der Waals surface area contributed by atoms with Crippen LogP contribution in [0, 0.1) is 11.8 Å². The fraction of sp³-hybridized carbons (Fsp3) is 0.292. The van der Waals surface area contributed by atoms with Gasteiger partial charge in [0.15, 0.2) is 0 Å². The van der Waals surface area contributed by atoms with Crippen molar-refractivity contribution in [1.82, 2.24) is 24.8 Å². The Morgan fingerprint density at radius 1 is 1.09 bits per heavy atom. The maximum Gasteiger partial charge on any atom is 0.274 e. The van der Waals surface area contributed by atoms with Crippen LogP contribution in [0.5, 0.6) is 0 Å². The van der Waals surface area contributed by atoms with E-state index >= 15 is 0 Å². The number of aliphatic hydroxyl groups excluding tert-OH is 1. The number of nitrogens with zero attached hydrogens (tertiary/aromatic N) is 4. The molecule has 2 aromatic heterocycles. The molecule has 0 aliphatic carbocycles. The van der Waals surface area contributed by atoms with E-state index in [1.807, 2.05) is 30.3 Å². The fourth-order valence-electron chi connectivity index (χ4n) is 5.08. The summed E-state index contributed by atoms with van der Waals surface area (Å²) in [6.07, 6.45) is 4.30. The lowest BCUT2D eigenvalue weighted by Crippen LogP contribution is -2.49. The largest absolute Gasteiger partial charge is 0.396 e. The van der Waals surface area contributed by atoms with Gasteiger partial charge >= 0.3 is 0 Å². The Morgan fingerprint density at radius 2 is 1.91 bits per heavy atom. The maximum absolute atomic E-state index is 13.5. The lowest BCUT2D eigenvalue weighted by atomic mass is 9.86. The van der Waals surface area contributed by atoms with Crippen LogP contribution < -0.4 is 10.9 Å². The molecule has 2 N–H and O–H groups in total. The lowest BCUT2D eigenvalue weighted by molar-refractivity contribution is -0.127. The maximum atomic E-state index is 13.5. The van der Waals surface area contributed by atoms with Crippen LogP contribution >= 0.6 is 0 Å². The van der Waals surface area contributed by atoms with Gasteiger partial charge in [-0.3, -0.25) is 19.4 Å². The third-order valence-corrected chi connectivity index (χ3v) is 6.55. The molecule has 2 aliphatic rings. The molecular formula is C24H23N5O4. The summed E-state index contributed by atoms with van der Waals surface area (Å²) in [5.74, 6) is -1.91. The molecule has 9 nitrogen and oxygen atoms in total. The molecule has 5 rings (SSSR count). The zero-order chi connectivity index (χ0) is 22.9. The van der Waals surface area contributed by atoms with E-state index in [-0.39, 0.29) is 36.2 Å². The van der Waals surface area contributed by atoms with Crippen molar-refractivity contribution < 1.29 is 14.7 Å². The topological polar surface area (TPSA) is 117 Å². The van der Waals surface area contributed by atoms with Gasteiger partial charge in [-0.25, -0.2) is 4.98 Å². The van der Waals surface area contributed by atoms with Crippen LogP contribution in [-0.2, 0) is 17.9 Å². The predicted molar refractivity (Wildman–Crippen MR) is 118 cm³/mol. The normalized spacial score (nSPS) is 23.1. The van der Waals surface area contributed by atoms with Gasteiger partial charge in [0.2, 0.25) is 5.91 Å². The van der Waals surface area contributed by atoms with E-state index in [0.717, 1.165) is 5.56 Å². The Hall–Kier alpha value is -3.85. The van der Waals surface area contributed by atoms with Crippen molar-refractivity contribution in [3.8, 4) is 0 Å². The molecule has 4 heterocycles. The van der Waals surface area contributed by atoms with Crippen LogP contribution in [-0.4, -0.2) is 49.0 Å². The number of nitrogens with one attached hydrogen (secondary N) is 1. The molecule has 0 unspecified atom stereocenters. The summed E-state index contributed by atoms with van der Waals surface area (Å²) in [5.41, 5.74) is 1.47. The van der Waals surface area contributed by atoms with Gasteiger partial charge in [0.1, 0.15) is 5.69 Å². The Morgan fingerprint density at radius 3 is 2.64 bits per heavy atom. The molecule has 1 aromatic carbocycles. The SMILES string of the molecule is O=C(NCc1ccccc1)[C@@H]1[C@@H](CO)[C@@H]2Cn3c(cccc3=O)[C@H]1N2C(=O)c1cnccn1. The van der Waals surface area contributed by atoms with Gasteiger partial charge in [-0.2, -0.15) is 0 Å². The molecule has 2 amide bonds. The van der Waals surface area contributed by atoms with Crippen molar-refractivity contribution >= 4 is 11.8 Å². The van der Waals surface area contributed by atoms with Crippen LogP contribution in [0.15, 0.2) is 71.9 Å². The molecule has 2 aliphatic heterocycles. The average Bonchev–Trinajstić information content (AvgIpc) is 3.10. The van der Waals surface area contributed by atoms with Crippen molar-refractivity contribution in [2.75, 3.05) is 6.61 Å². The fourth-order valence-corrected chi connectivity index (χ4v) is 5.08. The van der Waals surface area contributed by atoms with Crippen LogP contribution in [0.4, 0.5) is 0 Å². The summed E-state index contributed by atoms with van der Waals surface area (Å²) in [7, 11) is 0. The minimum absolute atomic E-state index is 0.154.